The second kappa shape index (κ2) is 6.73. The van der Waals surface area contributed by atoms with Crippen LogP contribution in [0, 0.1) is 0 Å². The first-order valence-corrected chi connectivity index (χ1v) is 7.09. The van der Waals surface area contributed by atoms with E-state index < -0.39 is 0 Å². The lowest BCUT2D eigenvalue weighted by Gasteiger charge is -2.20. The average Bonchev–Trinajstić information content (AvgIpc) is 2.46. The molecule has 2 rings (SSSR count). The molecule has 0 saturated carbocycles. The van der Waals surface area contributed by atoms with Crippen LogP contribution >= 0.6 is 23.2 Å². The Labute approximate surface area is 122 Å². The number of amides is 1. The molecule has 5 heteroatoms. The van der Waals surface area contributed by atoms with Crippen molar-refractivity contribution in [1.29, 1.82) is 0 Å². The third-order valence-electron chi connectivity index (χ3n) is 2.85. The molecule has 0 fully saturated rings. The first kappa shape index (κ1) is 14.1. The maximum Gasteiger partial charge on any atom is 0.253 e. The van der Waals surface area contributed by atoms with Gasteiger partial charge in [-0.15, -0.1) is 23.2 Å². The normalized spacial score (nSPS) is 10.6. The Morgan fingerprint density at radius 1 is 1.16 bits per heavy atom. The van der Waals surface area contributed by atoms with Gasteiger partial charge in [-0.1, -0.05) is 6.07 Å². The molecule has 1 heterocycles. The van der Waals surface area contributed by atoms with Crippen molar-refractivity contribution < 1.29 is 4.79 Å². The summed E-state index contributed by atoms with van der Waals surface area (Å²) in [6.07, 6.45) is 1.73. The summed E-state index contributed by atoms with van der Waals surface area (Å²) in [5.41, 5.74) is 1.51. The molecule has 0 aliphatic heterocycles. The molecule has 0 spiro atoms. The smallest absolute Gasteiger partial charge is 0.253 e. The number of halogens is 2. The third kappa shape index (κ3) is 3.37. The van der Waals surface area contributed by atoms with Gasteiger partial charge in [0.05, 0.1) is 5.52 Å². The number of rotatable bonds is 5. The molecule has 0 aliphatic rings. The van der Waals surface area contributed by atoms with Gasteiger partial charge in [0.1, 0.15) is 0 Å². The van der Waals surface area contributed by atoms with E-state index in [0.717, 1.165) is 10.9 Å². The lowest BCUT2D eigenvalue weighted by molar-refractivity contribution is 0.0775. The van der Waals surface area contributed by atoms with Crippen LogP contribution in [-0.2, 0) is 0 Å². The number of nitrogens with zero attached hydrogens (tertiary/aromatic N) is 2. The Bertz CT molecular complexity index is 568. The summed E-state index contributed by atoms with van der Waals surface area (Å²) in [4.78, 5) is 18.3. The minimum absolute atomic E-state index is 0.0490. The van der Waals surface area contributed by atoms with E-state index in [4.69, 9.17) is 23.2 Å². The van der Waals surface area contributed by atoms with Crippen molar-refractivity contribution >= 4 is 40.0 Å². The summed E-state index contributed by atoms with van der Waals surface area (Å²) in [6, 6.07) is 9.27. The first-order chi connectivity index (χ1) is 9.26. The standard InChI is InChI=1S/C14H14Cl2N2O/c15-5-8-18(9-6-16)14(19)12-3-4-13-11(10-12)2-1-7-17-13/h1-4,7,10H,5-6,8-9H2. The van der Waals surface area contributed by atoms with E-state index in [1.807, 2.05) is 24.3 Å². The van der Waals surface area contributed by atoms with Crippen molar-refractivity contribution in [3.8, 4) is 0 Å². The van der Waals surface area contributed by atoms with Gasteiger partial charge >= 0.3 is 0 Å². The second-order valence-corrected chi connectivity index (χ2v) is 4.84. The molecule has 100 valence electrons. The van der Waals surface area contributed by atoms with E-state index in [1.165, 1.54) is 0 Å². The lowest BCUT2D eigenvalue weighted by atomic mass is 10.1. The molecule has 0 radical (unpaired) electrons. The number of carbonyl (C=O) groups is 1. The summed E-state index contributed by atoms with van der Waals surface area (Å²) in [7, 11) is 0. The molecule has 0 unspecified atom stereocenters. The molecular formula is C14H14Cl2N2O. The van der Waals surface area contributed by atoms with Crippen molar-refractivity contribution in [2.24, 2.45) is 0 Å². The molecule has 0 atom stereocenters. The Balaban J connectivity index is 2.29. The van der Waals surface area contributed by atoms with E-state index in [2.05, 4.69) is 4.98 Å². The number of benzene rings is 1. The van der Waals surface area contributed by atoms with Crippen LogP contribution in [0.1, 0.15) is 10.4 Å². The molecule has 19 heavy (non-hydrogen) atoms. The highest BCUT2D eigenvalue weighted by molar-refractivity contribution is 6.18. The van der Waals surface area contributed by atoms with E-state index in [0.29, 0.717) is 30.4 Å². The fourth-order valence-corrected chi connectivity index (χ4v) is 2.32. The van der Waals surface area contributed by atoms with Crippen LogP contribution in [0.3, 0.4) is 0 Å². The first-order valence-electron chi connectivity index (χ1n) is 6.02. The summed E-state index contributed by atoms with van der Waals surface area (Å²) in [5, 5.41) is 0.949. The Hall–Kier alpha value is -1.32. The quantitative estimate of drug-likeness (QED) is 0.794. The van der Waals surface area contributed by atoms with Crippen molar-refractivity contribution in [2.75, 3.05) is 24.8 Å². The topological polar surface area (TPSA) is 33.2 Å². The minimum Gasteiger partial charge on any atom is -0.336 e. The highest BCUT2D eigenvalue weighted by atomic mass is 35.5. The van der Waals surface area contributed by atoms with Crippen LogP contribution in [0.5, 0.6) is 0 Å². The lowest BCUT2D eigenvalue weighted by Crippen LogP contribution is -2.34. The van der Waals surface area contributed by atoms with Gasteiger partial charge in [0.15, 0.2) is 0 Å². The van der Waals surface area contributed by atoms with Crippen molar-refractivity contribution in [3.05, 3.63) is 42.1 Å². The molecule has 0 saturated heterocycles. The van der Waals surface area contributed by atoms with Crippen molar-refractivity contribution in [2.45, 2.75) is 0 Å². The maximum absolute atomic E-state index is 12.4. The van der Waals surface area contributed by atoms with E-state index in [-0.39, 0.29) is 5.91 Å². The highest BCUT2D eigenvalue weighted by Crippen LogP contribution is 2.15. The SMILES string of the molecule is O=C(c1ccc2ncccc2c1)N(CCCl)CCCl. The highest BCUT2D eigenvalue weighted by Gasteiger charge is 2.15. The van der Waals surface area contributed by atoms with E-state index >= 15 is 0 Å². The Kier molecular flexibility index (Phi) is 5.00. The predicted octanol–water partition coefficient (Wildman–Crippen LogP) is 3.15. The molecule has 0 bridgehead atoms. The van der Waals surface area contributed by atoms with Gasteiger partial charge in [-0.05, 0) is 24.3 Å². The van der Waals surface area contributed by atoms with Crippen molar-refractivity contribution in [3.63, 3.8) is 0 Å². The minimum atomic E-state index is -0.0490. The number of pyridine rings is 1. The number of hydrogen-bond donors (Lipinski definition) is 0. The van der Waals surface area contributed by atoms with Crippen LogP contribution in [0.2, 0.25) is 0 Å². The van der Waals surface area contributed by atoms with E-state index in [1.54, 1.807) is 17.2 Å². The Morgan fingerprint density at radius 2 is 1.89 bits per heavy atom. The van der Waals surface area contributed by atoms with E-state index in [9.17, 15) is 4.79 Å². The molecule has 1 aromatic carbocycles. The van der Waals surface area contributed by atoms with Gasteiger partial charge in [-0.3, -0.25) is 9.78 Å². The summed E-state index contributed by atoms with van der Waals surface area (Å²) >= 11 is 11.4. The van der Waals surface area contributed by atoms with Gasteiger partial charge < -0.3 is 4.90 Å². The average molecular weight is 297 g/mol. The number of hydrogen-bond acceptors (Lipinski definition) is 2. The number of aromatic nitrogens is 1. The number of alkyl halides is 2. The van der Waals surface area contributed by atoms with Gasteiger partial charge in [-0.2, -0.15) is 0 Å². The van der Waals surface area contributed by atoms with Crippen LogP contribution in [0.15, 0.2) is 36.5 Å². The Morgan fingerprint density at radius 3 is 2.58 bits per heavy atom. The molecule has 0 aliphatic carbocycles. The molecular weight excluding hydrogens is 283 g/mol. The molecule has 1 aromatic heterocycles. The fourth-order valence-electron chi connectivity index (χ4n) is 1.91. The van der Waals surface area contributed by atoms with Crippen LogP contribution in [0.25, 0.3) is 10.9 Å². The van der Waals surface area contributed by atoms with Crippen LogP contribution in [0.4, 0.5) is 0 Å². The molecule has 1 amide bonds. The number of fused-ring (bicyclic) bond motifs is 1. The van der Waals surface area contributed by atoms with Gasteiger partial charge in [0.2, 0.25) is 0 Å². The zero-order chi connectivity index (χ0) is 13.7. The monoisotopic (exact) mass is 296 g/mol. The summed E-state index contributed by atoms with van der Waals surface area (Å²) in [5.74, 6) is 0.752. The number of carbonyl (C=O) groups excluding carboxylic acids is 1. The van der Waals surface area contributed by atoms with Gasteiger partial charge in [-0.25, -0.2) is 0 Å². The van der Waals surface area contributed by atoms with Gasteiger partial charge in [0.25, 0.3) is 5.91 Å². The van der Waals surface area contributed by atoms with Crippen LogP contribution in [-0.4, -0.2) is 40.6 Å². The largest absolute Gasteiger partial charge is 0.336 e. The predicted molar refractivity (Wildman–Crippen MR) is 79.1 cm³/mol. The fraction of sp³-hybridized carbons (Fsp3) is 0.286. The second-order valence-electron chi connectivity index (χ2n) is 4.08. The molecule has 0 N–H and O–H groups in total. The maximum atomic E-state index is 12.4. The molecule has 2 aromatic rings. The van der Waals surface area contributed by atoms with Crippen LogP contribution < -0.4 is 0 Å². The molecule has 3 nitrogen and oxygen atoms in total. The zero-order valence-electron chi connectivity index (χ0n) is 10.4. The third-order valence-corrected chi connectivity index (χ3v) is 3.18. The summed E-state index contributed by atoms with van der Waals surface area (Å²) in [6.45, 7) is 0.996. The summed E-state index contributed by atoms with van der Waals surface area (Å²) < 4.78 is 0. The van der Waals surface area contributed by atoms with Gasteiger partial charge in [0, 0.05) is 42.0 Å². The van der Waals surface area contributed by atoms with Crippen molar-refractivity contribution in [1.82, 2.24) is 9.88 Å². The zero-order valence-corrected chi connectivity index (χ0v) is 11.9.